The number of hydrogen-bond acceptors (Lipinski definition) is 4. The molecule has 0 saturated carbocycles. The van der Waals surface area contributed by atoms with Crippen LogP contribution < -0.4 is 5.32 Å². The molecule has 0 aliphatic carbocycles. The fraction of sp³-hybridized carbons (Fsp3) is 0.333. The lowest BCUT2D eigenvalue weighted by Gasteiger charge is -2.31. The number of rotatable bonds is 3. The molecule has 120 valence electrons. The van der Waals surface area contributed by atoms with E-state index in [2.05, 4.69) is 5.32 Å². The summed E-state index contributed by atoms with van der Waals surface area (Å²) in [6.07, 6.45) is 0. The third-order valence-electron chi connectivity index (χ3n) is 4.25. The van der Waals surface area contributed by atoms with E-state index in [1.807, 2.05) is 6.92 Å². The van der Waals surface area contributed by atoms with Gasteiger partial charge in [-0.05, 0) is 24.6 Å². The van der Waals surface area contributed by atoms with Crippen molar-refractivity contribution in [3.8, 4) is 0 Å². The number of amides is 3. The molecule has 1 aromatic rings. The number of carbonyl (C=O) groups excluding carboxylic acids is 2. The van der Waals surface area contributed by atoms with Gasteiger partial charge in [0.1, 0.15) is 0 Å². The van der Waals surface area contributed by atoms with Crippen molar-refractivity contribution in [1.29, 1.82) is 0 Å². The largest absolute Gasteiger partial charge is 0.333 e. The lowest BCUT2D eigenvalue weighted by atomic mass is 9.95. The second kappa shape index (κ2) is 5.38. The smallest absolute Gasteiger partial charge is 0.322 e. The summed E-state index contributed by atoms with van der Waals surface area (Å²) in [4.78, 5) is 38.1. The van der Waals surface area contributed by atoms with Crippen molar-refractivity contribution in [2.75, 3.05) is 20.1 Å². The molecule has 0 fully saturated rings. The number of nitrogens with one attached hydrogen (secondary N) is 1. The number of nitro groups is 1. The molecule has 0 saturated heterocycles. The van der Waals surface area contributed by atoms with E-state index in [1.54, 1.807) is 24.1 Å². The van der Waals surface area contributed by atoms with Crippen LogP contribution in [0.5, 0.6) is 0 Å². The van der Waals surface area contributed by atoms with Gasteiger partial charge in [-0.25, -0.2) is 4.79 Å². The molecular formula is C15H16N4O4. The number of urea groups is 1. The summed E-state index contributed by atoms with van der Waals surface area (Å²) in [7, 11) is 1.63. The molecular weight excluding hydrogens is 300 g/mol. The maximum atomic E-state index is 12.6. The van der Waals surface area contributed by atoms with Crippen LogP contribution in [-0.2, 0) is 4.79 Å². The van der Waals surface area contributed by atoms with E-state index in [0.717, 1.165) is 0 Å². The number of non-ortho nitro benzene ring substituents is 1. The van der Waals surface area contributed by atoms with Crippen LogP contribution in [0, 0.1) is 10.1 Å². The lowest BCUT2D eigenvalue weighted by Crippen LogP contribution is -2.45. The predicted octanol–water partition coefficient (Wildman–Crippen LogP) is 1.41. The van der Waals surface area contributed by atoms with Crippen LogP contribution in [0.1, 0.15) is 18.5 Å². The molecule has 8 heteroatoms. The van der Waals surface area contributed by atoms with Crippen molar-refractivity contribution < 1.29 is 14.5 Å². The second-order valence-electron chi connectivity index (χ2n) is 5.47. The van der Waals surface area contributed by atoms with Gasteiger partial charge in [0.2, 0.25) is 0 Å². The van der Waals surface area contributed by atoms with Gasteiger partial charge in [0, 0.05) is 25.7 Å². The average Bonchev–Trinajstić information content (AvgIpc) is 2.88. The van der Waals surface area contributed by atoms with Crippen LogP contribution in [0.4, 0.5) is 10.5 Å². The van der Waals surface area contributed by atoms with Crippen molar-refractivity contribution in [2.24, 2.45) is 0 Å². The normalized spacial score (nSPS) is 20.7. The zero-order valence-electron chi connectivity index (χ0n) is 12.8. The van der Waals surface area contributed by atoms with Crippen LogP contribution in [0.25, 0.3) is 0 Å². The monoisotopic (exact) mass is 316 g/mol. The first kappa shape index (κ1) is 15.0. The Balaban J connectivity index is 2.02. The summed E-state index contributed by atoms with van der Waals surface area (Å²) >= 11 is 0. The fourth-order valence-corrected chi connectivity index (χ4v) is 2.92. The van der Waals surface area contributed by atoms with Crippen molar-refractivity contribution in [2.45, 2.75) is 13.0 Å². The summed E-state index contributed by atoms with van der Waals surface area (Å²) in [6.45, 7) is 2.84. The SMILES string of the molecule is CCN1CC2=C(C1=O)[C@@H](c1ccc([N+](=O)[O-])cc1)NC(=O)N2C. The second-order valence-corrected chi connectivity index (χ2v) is 5.47. The van der Waals surface area contributed by atoms with Gasteiger partial charge in [0.25, 0.3) is 11.6 Å². The van der Waals surface area contributed by atoms with Crippen molar-refractivity contribution in [3.63, 3.8) is 0 Å². The molecule has 1 atom stereocenters. The highest BCUT2D eigenvalue weighted by atomic mass is 16.6. The molecule has 3 amide bonds. The van der Waals surface area contributed by atoms with Gasteiger partial charge in [-0.1, -0.05) is 0 Å². The molecule has 0 unspecified atom stereocenters. The predicted molar refractivity (Wildman–Crippen MR) is 81.4 cm³/mol. The quantitative estimate of drug-likeness (QED) is 0.673. The number of benzene rings is 1. The van der Waals surface area contributed by atoms with E-state index >= 15 is 0 Å². The molecule has 2 aliphatic heterocycles. The van der Waals surface area contributed by atoms with Gasteiger partial charge >= 0.3 is 6.03 Å². The first-order valence-corrected chi connectivity index (χ1v) is 7.25. The Labute approximate surface area is 132 Å². The van der Waals surface area contributed by atoms with E-state index in [-0.39, 0.29) is 17.6 Å². The van der Waals surface area contributed by atoms with E-state index in [9.17, 15) is 19.7 Å². The van der Waals surface area contributed by atoms with Gasteiger partial charge in [0.05, 0.1) is 28.8 Å². The number of nitrogens with zero attached hydrogens (tertiary/aromatic N) is 3. The first-order chi connectivity index (χ1) is 10.9. The number of nitro benzene ring substituents is 1. The molecule has 2 heterocycles. The summed E-state index contributed by atoms with van der Waals surface area (Å²) in [5.74, 6) is -0.113. The molecule has 2 aliphatic rings. The zero-order chi connectivity index (χ0) is 16.7. The third kappa shape index (κ3) is 2.32. The highest BCUT2D eigenvalue weighted by Gasteiger charge is 2.42. The summed E-state index contributed by atoms with van der Waals surface area (Å²) in [6, 6.07) is 5.01. The lowest BCUT2D eigenvalue weighted by molar-refractivity contribution is -0.384. The highest BCUT2D eigenvalue weighted by Crippen LogP contribution is 2.35. The van der Waals surface area contributed by atoms with Gasteiger partial charge in [-0.15, -0.1) is 0 Å². The van der Waals surface area contributed by atoms with E-state index in [1.165, 1.54) is 17.0 Å². The molecule has 3 rings (SSSR count). The molecule has 0 radical (unpaired) electrons. The minimum absolute atomic E-state index is 0.0323. The summed E-state index contributed by atoms with van der Waals surface area (Å²) in [5, 5.41) is 13.5. The maximum absolute atomic E-state index is 12.6. The first-order valence-electron chi connectivity index (χ1n) is 7.25. The zero-order valence-corrected chi connectivity index (χ0v) is 12.8. The Morgan fingerprint density at radius 2 is 1.96 bits per heavy atom. The number of carbonyl (C=O) groups is 2. The van der Waals surface area contributed by atoms with Gasteiger partial charge in [-0.3, -0.25) is 19.8 Å². The highest BCUT2D eigenvalue weighted by molar-refractivity contribution is 6.01. The third-order valence-corrected chi connectivity index (χ3v) is 4.25. The summed E-state index contributed by atoms with van der Waals surface area (Å²) < 4.78 is 0. The maximum Gasteiger partial charge on any atom is 0.322 e. The Morgan fingerprint density at radius 1 is 1.30 bits per heavy atom. The van der Waals surface area contributed by atoms with Crippen LogP contribution in [0.15, 0.2) is 35.5 Å². The fourth-order valence-electron chi connectivity index (χ4n) is 2.92. The Hall–Kier alpha value is -2.90. The minimum atomic E-state index is -0.585. The van der Waals surface area contributed by atoms with Crippen LogP contribution >= 0.6 is 0 Å². The summed E-state index contributed by atoms with van der Waals surface area (Å²) in [5.41, 5.74) is 1.83. The minimum Gasteiger partial charge on any atom is -0.333 e. The van der Waals surface area contributed by atoms with Gasteiger partial charge in [-0.2, -0.15) is 0 Å². The number of hydrogen-bond donors (Lipinski definition) is 1. The molecule has 0 bridgehead atoms. The van der Waals surface area contributed by atoms with E-state index in [0.29, 0.717) is 29.9 Å². The molecule has 1 aromatic carbocycles. The van der Waals surface area contributed by atoms with Gasteiger partial charge < -0.3 is 10.2 Å². The molecule has 8 nitrogen and oxygen atoms in total. The van der Waals surface area contributed by atoms with E-state index < -0.39 is 11.0 Å². The Bertz CT molecular complexity index is 725. The average molecular weight is 316 g/mol. The molecule has 0 spiro atoms. The number of likely N-dealkylation sites (N-methyl/N-ethyl adjacent to an activating group) is 2. The van der Waals surface area contributed by atoms with Crippen LogP contribution in [0.2, 0.25) is 0 Å². The van der Waals surface area contributed by atoms with E-state index in [4.69, 9.17) is 0 Å². The Morgan fingerprint density at radius 3 is 2.52 bits per heavy atom. The molecule has 0 aromatic heterocycles. The van der Waals surface area contributed by atoms with Crippen LogP contribution in [0.3, 0.4) is 0 Å². The van der Waals surface area contributed by atoms with Gasteiger partial charge in [0.15, 0.2) is 0 Å². The standard InChI is InChI=1S/C15H16N4O4/c1-3-18-8-11-12(14(18)20)13(16-15(21)17(11)2)9-4-6-10(7-5-9)19(22)23/h4-7,13H,3,8H2,1-2H3,(H,16,21)/t13-/m1/s1. The van der Waals surface area contributed by atoms with Crippen LogP contribution in [-0.4, -0.2) is 46.8 Å². The molecule has 23 heavy (non-hydrogen) atoms. The molecule has 1 N–H and O–H groups in total. The van der Waals surface area contributed by atoms with Crippen molar-refractivity contribution >= 4 is 17.6 Å². The van der Waals surface area contributed by atoms with Crippen molar-refractivity contribution in [3.05, 3.63) is 51.2 Å². The Kier molecular flexibility index (Phi) is 3.51. The van der Waals surface area contributed by atoms with Crippen molar-refractivity contribution in [1.82, 2.24) is 15.1 Å². The topological polar surface area (TPSA) is 95.8 Å².